The summed E-state index contributed by atoms with van der Waals surface area (Å²) in [6, 6.07) is 4.44. The highest BCUT2D eigenvalue weighted by molar-refractivity contribution is 7.89. The number of carbonyl (C=O) groups is 1. The zero-order valence-electron chi connectivity index (χ0n) is 10.8. The first-order valence-electron chi connectivity index (χ1n) is 5.83. The zero-order chi connectivity index (χ0) is 14.6. The van der Waals surface area contributed by atoms with Crippen molar-refractivity contribution in [2.45, 2.75) is 31.2 Å². The lowest BCUT2D eigenvalue weighted by atomic mass is 10.1. The van der Waals surface area contributed by atoms with Crippen LogP contribution >= 0.6 is 0 Å². The van der Waals surface area contributed by atoms with Gasteiger partial charge in [-0.15, -0.1) is 0 Å². The molecule has 0 aliphatic rings. The van der Waals surface area contributed by atoms with Gasteiger partial charge in [-0.3, -0.25) is 4.79 Å². The van der Waals surface area contributed by atoms with Gasteiger partial charge in [0.05, 0.1) is 4.90 Å². The van der Waals surface area contributed by atoms with Crippen LogP contribution in [0.4, 0.5) is 5.69 Å². The van der Waals surface area contributed by atoms with E-state index in [2.05, 4.69) is 4.72 Å². The van der Waals surface area contributed by atoms with E-state index in [-0.39, 0.29) is 17.2 Å². The van der Waals surface area contributed by atoms with Crippen LogP contribution in [0.5, 0.6) is 0 Å². The summed E-state index contributed by atoms with van der Waals surface area (Å²) in [5.41, 5.74) is 5.92. The number of nitrogens with one attached hydrogen (secondary N) is 1. The number of benzene rings is 1. The molecule has 7 heteroatoms. The highest BCUT2D eigenvalue weighted by Gasteiger charge is 2.25. The van der Waals surface area contributed by atoms with Gasteiger partial charge in [0, 0.05) is 5.69 Å². The van der Waals surface area contributed by atoms with Crippen molar-refractivity contribution in [1.82, 2.24) is 4.72 Å². The molecular weight excluding hydrogens is 268 g/mol. The number of aliphatic carboxylic acids is 1. The van der Waals surface area contributed by atoms with Crippen LogP contribution in [-0.2, 0) is 14.8 Å². The maximum Gasteiger partial charge on any atom is 0.321 e. The average Bonchev–Trinajstić information content (AvgIpc) is 2.27. The Morgan fingerprint density at radius 1 is 1.32 bits per heavy atom. The molecule has 0 fully saturated rings. The second-order valence-electron chi connectivity index (χ2n) is 4.71. The van der Waals surface area contributed by atoms with E-state index >= 15 is 0 Å². The Morgan fingerprint density at radius 3 is 2.26 bits per heavy atom. The van der Waals surface area contributed by atoms with Gasteiger partial charge in [0.2, 0.25) is 10.0 Å². The summed E-state index contributed by atoms with van der Waals surface area (Å²) in [7, 11) is -3.85. The second kappa shape index (κ2) is 6.03. The molecule has 6 nitrogen and oxygen atoms in total. The maximum atomic E-state index is 12.0. The normalized spacial score (nSPS) is 13.4. The van der Waals surface area contributed by atoms with E-state index in [4.69, 9.17) is 10.8 Å². The number of hydrogen-bond donors (Lipinski definition) is 3. The van der Waals surface area contributed by atoms with Gasteiger partial charge in [-0.2, -0.15) is 4.72 Å². The van der Waals surface area contributed by atoms with Gasteiger partial charge in [0.25, 0.3) is 0 Å². The Kier molecular flexibility index (Phi) is 4.90. The molecule has 106 valence electrons. The number of nitrogens with two attached hydrogens (primary N) is 1. The molecule has 1 rings (SSSR count). The number of sulfonamides is 1. The van der Waals surface area contributed by atoms with Crippen LogP contribution in [0.1, 0.15) is 20.3 Å². The van der Waals surface area contributed by atoms with E-state index in [9.17, 15) is 13.2 Å². The van der Waals surface area contributed by atoms with Gasteiger partial charge < -0.3 is 10.8 Å². The quantitative estimate of drug-likeness (QED) is 0.677. The van der Waals surface area contributed by atoms with Gasteiger partial charge in [0.1, 0.15) is 6.04 Å². The number of nitrogen functional groups attached to an aromatic ring is 1. The number of carboxylic acids is 1. The van der Waals surface area contributed by atoms with E-state index in [1.54, 1.807) is 0 Å². The Hall–Kier alpha value is -1.60. The summed E-state index contributed by atoms with van der Waals surface area (Å²) in [4.78, 5) is 11.0. The third-order valence-electron chi connectivity index (χ3n) is 2.49. The molecule has 0 saturated heterocycles. The predicted molar refractivity (Wildman–Crippen MR) is 72.1 cm³/mol. The van der Waals surface area contributed by atoms with Gasteiger partial charge in [-0.25, -0.2) is 8.42 Å². The van der Waals surface area contributed by atoms with Crippen molar-refractivity contribution in [2.75, 3.05) is 5.73 Å². The first kappa shape index (κ1) is 15.5. The summed E-state index contributed by atoms with van der Waals surface area (Å²) >= 11 is 0. The predicted octanol–water partition coefficient (Wildman–Crippen LogP) is 1.05. The topological polar surface area (TPSA) is 109 Å². The maximum absolute atomic E-state index is 12.0. The Balaban J connectivity index is 2.94. The molecule has 1 atom stereocenters. The Morgan fingerprint density at radius 2 is 1.84 bits per heavy atom. The molecular formula is C12H18N2O4S. The molecule has 0 unspecified atom stereocenters. The van der Waals surface area contributed by atoms with Crippen molar-refractivity contribution in [1.29, 1.82) is 0 Å². The van der Waals surface area contributed by atoms with Crippen molar-refractivity contribution in [3.05, 3.63) is 24.3 Å². The SMILES string of the molecule is CC(C)C[C@H](NS(=O)(=O)c1ccc(N)cc1)C(=O)O. The third-order valence-corrected chi connectivity index (χ3v) is 3.98. The smallest absolute Gasteiger partial charge is 0.321 e. The van der Waals surface area contributed by atoms with Crippen LogP contribution in [0.25, 0.3) is 0 Å². The number of rotatable bonds is 6. The minimum atomic E-state index is -3.85. The van der Waals surface area contributed by atoms with Crippen molar-refractivity contribution in [3.8, 4) is 0 Å². The van der Waals surface area contributed by atoms with Crippen LogP contribution in [0, 0.1) is 5.92 Å². The number of carboxylic acid groups (broad SMARTS) is 1. The summed E-state index contributed by atoms with van der Waals surface area (Å²) in [5.74, 6) is -1.12. The molecule has 0 aliphatic heterocycles. The van der Waals surface area contributed by atoms with Crippen molar-refractivity contribution in [3.63, 3.8) is 0 Å². The highest BCUT2D eigenvalue weighted by Crippen LogP contribution is 2.14. The van der Waals surface area contributed by atoms with E-state index < -0.39 is 22.0 Å². The lowest BCUT2D eigenvalue weighted by Crippen LogP contribution is -2.41. The first-order chi connectivity index (χ1) is 8.72. The number of hydrogen-bond acceptors (Lipinski definition) is 4. The molecule has 1 aromatic carbocycles. The minimum Gasteiger partial charge on any atom is -0.480 e. The van der Waals surface area contributed by atoms with Crippen molar-refractivity contribution >= 4 is 21.7 Å². The molecule has 0 radical (unpaired) electrons. The number of anilines is 1. The largest absolute Gasteiger partial charge is 0.480 e. The lowest BCUT2D eigenvalue weighted by molar-refractivity contribution is -0.139. The van der Waals surface area contributed by atoms with E-state index in [0.717, 1.165) is 0 Å². The van der Waals surface area contributed by atoms with Crippen LogP contribution < -0.4 is 10.5 Å². The molecule has 4 N–H and O–H groups in total. The molecule has 0 aromatic heterocycles. The molecule has 0 bridgehead atoms. The van der Waals surface area contributed by atoms with E-state index in [0.29, 0.717) is 5.69 Å². The van der Waals surface area contributed by atoms with Crippen molar-refractivity contribution in [2.24, 2.45) is 5.92 Å². The second-order valence-corrected chi connectivity index (χ2v) is 6.42. The fraction of sp³-hybridized carbons (Fsp3) is 0.417. The summed E-state index contributed by atoms with van der Waals surface area (Å²) < 4.78 is 26.2. The third kappa shape index (κ3) is 4.53. The average molecular weight is 286 g/mol. The molecule has 0 spiro atoms. The Labute approximate surface area is 112 Å². The van der Waals surface area contributed by atoms with Crippen LogP contribution in [0.3, 0.4) is 0 Å². The Bertz CT molecular complexity index is 537. The van der Waals surface area contributed by atoms with E-state index in [1.807, 2.05) is 13.8 Å². The van der Waals surface area contributed by atoms with E-state index in [1.165, 1.54) is 24.3 Å². The van der Waals surface area contributed by atoms with Gasteiger partial charge >= 0.3 is 5.97 Å². The minimum absolute atomic E-state index is 0.00305. The lowest BCUT2D eigenvalue weighted by Gasteiger charge is -2.16. The fourth-order valence-corrected chi connectivity index (χ4v) is 2.78. The highest BCUT2D eigenvalue weighted by atomic mass is 32.2. The zero-order valence-corrected chi connectivity index (χ0v) is 11.6. The van der Waals surface area contributed by atoms with Gasteiger partial charge in [0.15, 0.2) is 0 Å². The standard InChI is InChI=1S/C12H18N2O4S/c1-8(2)7-11(12(15)16)14-19(17,18)10-5-3-9(13)4-6-10/h3-6,8,11,14H,7,13H2,1-2H3,(H,15,16)/t11-/m0/s1. The fourth-order valence-electron chi connectivity index (χ4n) is 1.57. The molecule has 0 heterocycles. The molecule has 0 amide bonds. The van der Waals surface area contributed by atoms with Crippen LogP contribution in [0.2, 0.25) is 0 Å². The molecule has 19 heavy (non-hydrogen) atoms. The van der Waals surface area contributed by atoms with Gasteiger partial charge in [-0.05, 0) is 36.6 Å². The summed E-state index contributed by atoms with van der Waals surface area (Å²) in [6.45, 7) is 3.65. The van der Waals surface area contributed by atoms with Crippen LogP contribution in [-0.4, -0.2) is 25.5 Å². The summed E-state index contributed by atoms with van der Waals surface area (Å²) in [5, 5.41) is 9.03. The summed E-state index contributed by atoms with van der Waals surface area (Å²) in [6.07, 6.45) is 0.226. The monoisotopic (exact) mass is 286 g/mol. The van der Waals surface area contributed by atoms with Crippen LogP contribution in [0.15, 0.2) is 29.2 Å². The van der Waals surface area contributed by atoms with Crippen molar-refractivity contribution < 1.29 is 18.3 Å². The molecule has 0 saturated carbocycles. The van der Waals surface area contributed by atoms with Gasteiger partial charge in [-0.1, -0.05) is 13.8 Å². The molecule has 1 aromatic rings. The first-order valence-corrected chi connectivity index (χ1v) is 7.31. The molecule has 0 aliphatic carbocycles.